The standard InChI is InChI=1S/C22H25N3O2/c1-5-15(2)13-23-19-12-17(10-11-18(19)16(3)14-26)25-21-9-7-6-8-20(21)24(4)22(25)27/h6-15,26H,5H2,1-4H3/b16-14+,23-13?/t15-/m1/s1. The van der Waals surface area contributed by atoms with Crippen LogP contribution in [0.1, 0.15) is 32.8 Å². The second-order valence-corrected chi connectivity index (χ2v) is 6.84. The summed E-state index contributed by atoms with van der Waals surface area (Å²) in [6.45, 7) is 6.06. The maximum absolute atomic E-state index is 12.8. The zero-order valence-corrected chi connectivity index (χ0v) is 16.2. The van der Waals surface area contributed by atoms with E-state index in [4.69, 9.17) is 0 Å². The Kier molecular flexibility index (Phi) is 5.31. The smallest absolute Gasteiger partial charge is 0.333 e. The van der Waals surface area contributed by atoms with E-state index in [0.29, 0.717) is 5.92 Å². The summed E-state index contributed by atoms with van der Waals surface area (Å²) in [5, 5.41) is 9.44. The van der Waals surface area contributed by atoms with Crippen LogP contribution in [0.2, 0.25) is 0 Å². The number of aromatic nitrogens is 2. The predicted octanol–water partition coefficient (Wildman–Crippen LogP) is 5.00. The summed E-state index contributed by atoms with van der Waals surface area (Å²) >= 11 is 0. The molecule has 0 aliphatic carbocycles. The number of aliphatic hydroxyl groups excluding tert-OH is 1. The molecule has 0 aliphatic rings. The van der Waals surface area contributed by atoms with Crippen LogP contribution in [0.5, 0.6) is 0 Å². The summed E-state index contributed by atoms with van der Waals surface area (Å²) in [4.78, 5) is 17.5. The van der Waals surface area contributed by atoms with Crippen molar-refractivity contribution in [2.24, 2.45) is 18.0 Å². The minimum atomic E-state index is -0.102. The molecule has 1 atom stereocenters. The van der Waals surface area contributed by atoms with Gasteiger partial charge in [0.2, 0.25) is 0 Å². The van der Waals surface area contributed by atoms with Crippen LogP contribution in [0.25, 0.3) is 22.3 Å². The molecule has 0 saturated heterocycles. The van der Waals surface area contributed by atoms with E-state index in [1.807, 2.05) is 55.6 Å². The largest absolute Gasteiger partial charge is 0.515 e. The second kappa shape index (κ2) is 7.66. The van der Waals surface area contributed by atoms with Gasteiger partial charge in [-0.05, 0) is 49.1 Å². The Bertz CT molecular complexity index is 1090. The molecular formula is C22H25N3O2. The lowest BCUT2D eigenvalue weighted by Gasteiger charge is -2.10. The zero-order valence-electron chi connectivity index (χ0n) is 16.2. The summed E-state index contributed by atoms with van der Waals surface area (Å²) in [5.41, 5.74) is 4.68. The summed E-state index contributed by atoms with van der Waals surface area (Å²) in [7, 11) is 1.77. The Morgan fingerprint density at radius 3 is 2.59 bits per heavy atom. The quantitative estimate of drug-likeness (QED) is 0.512. The van der Waals surface area contributed by atoms with Crippen molar-refractivity contribution in [3.8, 4) is 5.69 Å². The molecule has 0 unspecified atom stereocenters. The van der Waals surface area contributed by atoms with Gasteiger partial charge in [-0.3, -0.25) is 14.1 Å². The van der Waals surface area contributed by atoms with E-state index in [0.717, 1.165) is 46.2 Å². The molecule has 0 amide bonds. The molecule has 0 fully saturated rings. The molecule has 0 radical (unpaired) electrons. The molecule has 140 valence electrons. The lowest BCUT2D eigenvalue weighted by atomic mass is 10.1. The van der Waals surface area contributed by atoms with Crippen LogP contribution in [-0.2, 0) is 7.05 Å². The third-order valence-corrected chi connectivity index (χ3v) is 4.93. The lowest BCUT2D eigenvalue weighted by molar-refractivity contribution is 0.475. The lowest BCUT2D eigenvalue weighted by Crippen LogP contribution is -2.20. The van der Waals surface area contributed by atoms with Gasteiger partial charge in [0.05, 0.1) is 28.7 Å². The molecule has 0 aliphatic heterocycles. The van der Waals surface area contributed by atoms with Crippen LogP contribution in [0.4, 0.5) is 5.69 Å². The third kappa shape index (κ3) is 3.45. The maximum atomic E-state index is 12.8. The fraction of sp³-hybridized carbons (Fsp3) is 0.273. The molecule has 0 saturated carbocycles. The second-order valence-electron chi connectivity index (χ2n) is 6.84. The summed E-state index contributed by atoms with van der Waals surface area (Å²) in [5.74, 6) is 0.347. The maximum Gasteiger partial charge on any atom is 0.333 e. The molecule has 1 heterocycles. The first-order valence-electron chi connectivity index (χ1n) is 9.14. The number of para-hydroxylation sites is 2. The molecule has 2 aromatic carbocycles. The molecule has 1 aromatic heterocycles. The van der Waals surface area contributed by atoms with E-state index in [2.05, 4.69) is 18.8 Å². The molecule has 3 aromatic rings. The van der Waals surface area contributed by atoms with Gasteiger partial charge in [-0.1, -0.05) is 32.0 Å². The van der Waals surface area contributed by atoms with E-state index < -0.39 is 0 Å². The van der Waals surface area contributed by atoms with Gasteiger partial charge in [-0.2, -0.15) is 0 Å². The van der Waals surface area contributed by atoms with Gasteiger partial charge in [0, 0.05) is 18.8 Å². The predicted molar refractivity (Wildman–Crippen MR) is 112 cm³/mol. The Hall–Kier alpha value is -3.08. The van der Waals surface area contributed by atoms with E-state index in [9.17, 15) is 9.90 Å². The minimum absolute atomic E-state index is 0.102. The topological polar surface area (TPSA) is 59.5 Å². The van der Waals surface area contributed by atoms with Gasteiger partial charge < -0.3 is 5.11 Å². The van der Waals surface area contributed by atoms with Crippen molar-refractivity contribution in [2.75, 3.05) is 0 Å². The van der Waals surface area contributed by atoms with Crippen molar-refractivity contribution in [2.45, 2.75) is 27.2 Å². The van der Waals surface area contributed by atoms with E-state index >= 15 is 0 Å². The number of nitrogens with zero attached hydrogens (tertiary/aromatic N) is 3. The first-order valence-corrected chi connectivity index (χ1v) is 9.14. The fourth-order valence-corrected chi connectivity index (χ4v) is 3.02. The third-order valence-electron chi connectivity index (χ3n) is 4.93. The highest BCUT2D eigenvalue weighted by atomic mass is 16.2. The van der Waals surface area contributed by atoms with Crippen molar-refractivity contribution < 1.29 is 5.11 Å². The molecule has 5 nitrogen and oxygen atoms in total. The number of fused-ring (bicyclic) bond motifs is 1. The molecular weight excluding hydrogens is 338 g/mol. The zero-order chi connectivity index (χ0) is 19.6. The minimum Gasteiger partial charge on any atom is -0.515 e. The first kappa shape index (κ1) is 18.7. The van der Waals surface area contributed by atoms with Gasteiger partial charge >= 0.3 is 5.69 Å². The van der Waals surface area contributed by atoms with Gasteiger partial charge in [0.15, 0.2) is 0 Å². The highest BCUT2D eigenvalue weighted by molar-refractivity contribution is 5.81. The van der Waals surface area contributed by atoms with Crippen molar-refractivity contribution in [3.63, 3.8) is 0 Å². The SMILES string of the molecule is CC[C@@H](C)C=Nc1cc(-n2c(=O)n(C)c3ccccc32)ccc1/C(C)=C/O. The van der Waals surface area contributed by atoms with Crippen LogP contribution < -0.4 is 5.69 Å². The number of benzene rings is 2. The molecule has 1 N–H and O–H groups in total. The van der Waals surface area contributed by atoms with Crippen molar-refractivity contribution in [3.05, 3.63) is 64.8 Å². The van der Waals surface area contributed by atoms with Crippen molar-refractivity contribution in [1.82, 2.24) is 9.13 Å². The summed E-state index contributed by atoms with van der Waals surface area (Å²) < 4.78 is 3.34. The number of hydrogen-bond acceptors (Lipinski definition) is 3. The van der Waals surface area contributed by atoms with E-state index in [1.54, 1.807) is 16.2 Å². The number of aliphatic imine (C=N–C) groups is 1. The summed E-state index contributed by atoms with van der Waals surface area (Å²) in [6, 6.07) is 13.4. The Labute approximate surface area is 158 Å². The fourth-order valence-electron chi connectivity index (χ4n) is 3.02. The van der Waals surface area contributed by atoms with E-state index in [-0.39, 0.29) is 5.69 Å². The molecule has 3 rings (SSSR count). The number of aliphatic hydroxyl groups is 1. The highest BCUT2D eigenvalue weighted by Crippen LogP contribution is 2.29. The number of hydrogen-bond donors (Lipinski definition) is 1. The van der Waals surface area contributed by atoms with Gasteiger partial charge in [0.25, 0.3) is 0 Å². The van der Waals surface area contributed by atoms with Crippen LogP contribution in [0.15, 0.2) is 58.5 Å². The van der Waals surface area contributed by atoms with Crippen molar-refractivity contribution in [1.29, 1.82) is 0 Å². The number of aryl methyl sites for hydroxylation is 1. The van der Waals surface area contributed by atoms with Crippen LogP contribution in [0, 0.1) is 5.92 Å². The van der Waals surface area contributed by atoms with Crippen LogP contribution in [0.3, 0.4) is 0 Å². The van der Waals surface area contributed by atoms with E-state index in [1.165, 1.54) is 0 Å². The Balaban J connectivity index is 2.23. The molecule has 27 heavy (non-hydrogen) atoms. The number of imidazole rings is 1. The average molecular weight is 363 g/mol. The first-order chi connectivity index (χ1) is 13.0. The monoisotopic (exact) mass is 363 g/mol. The normalized spacial score (nSPS) is 13.6. The summed E-state index contributed by atoms with van der Waals surface area (Å²) in [6.07, 6.45) is 4.00. The molecule has 5 heteroatoms. The van der Waals surface area contributed by atoms with Crippen molar-refractivity contribution >= 4 is 28.5 Å². The Morgan fingerprint density at radius 2 is 1.93 bits per heavy atom. The number of allylic oxidation sites excluding steroid dienone is 1. The molecule has 0 bridgehead atoms. The highest BCUT2D eigenvalue weighted by Gasteiger charge is 2.14. The Morgan fingerprint density at radius 1 is 1.22 bits per heavy atom. The average Bonchev–Trinajstić information content (AvgIpc) is 2.96. The van der Waals surface area contributed by atoms with Gasteiger partial charge in [-0.25, -0.2) is 4.79 Å². The molecule has 0 spiro atoms. The van der Waals surface area contributed by atoms with Gasteiger partial charge in [-0.15, -0.1) is 0 Å². The number of rotatable bonds is 5. The van der Waals surface area contributed by atoms with Crippen LogP contribution >= 0.6 is 0 Å². The van der Waals surface area contributed by atoms with Crippen LogP contribution in [-0.4, -0.2) is 20.5 Å². The van der Waals surface area contributed by atoms with Gasteiger partial charge in [0.1, 0.15) is 0 Å².